The Hall–Kier alpha value is -3.66. The number of sulfonamides is 1. The maximum atomic E-state index is 13.5. The summed E-state index contributed by atoms with van der Waals surface area (Å²) < 4.78 is 34.0. The van der Waals surface area contributed by atoms with Gasteiger partial charge in [0.15, 0.2) is 5.03 Å². The van der Waals surface area contributed by atoms with Crippen LogP contribution in [0.3, 0.4) is 0 Å². The average Bonchev–Trinajstić information content (AvgIpc) is 3.18. The van der Waals surface area contributed by atoms with Crippen molar-refractivity contribution in [1.82, 2.24) is 14.7 Å². The van der Waals surface area contributed by atoms with Gasteiger partial charge in [0.2, 0.25) is 0 Å². The molecule has 1 atom stereocenters. The van der Waals surface area contributed by atoms with Gasteiger partial charge in [0.05, 0.1) is 12.7 Å². The van der Waals surface area contributed by atoms with Gasteiger partial charge in [-0.25, -0.2) is 14.7 Å². The van der Waals surface area contributed by atoms with Crippen molar-refractivity contribution in [3.8, 4) is 5.75 Å². The molecule has 10 heteroatoms. The first-order chi connectivity index (χ1) is 18.7. The molecule has 1 fully saturated rings. The molecule has 3 aromatic rings. The molecule has 1 aliphatic heterocycles. The summed E-state index contributed by atoms with van der Waals surface area (Å²) in [5.74, 6) is 1.29. The topological polar surface area (TPSA) is 114 Å². The predicted octanol–water partition coefficient (Wildman–Crippen LogP) is 5.38. The SMILES string of the molecule is COc1ccc(CNc2cccc(S(=O)(=O)NC(=O)c3ccc(C(C)(C)C)nc3N3CC(C)CC3(C)C)n2)cc1.[HH]. The van der Waals surface area contributed by atoms with Crippen LogP contribution < -0.4 is 19.7 Å². The third-order valence-electron chi connectivity index (χ3n) is 7.08. The van der Waals surface area contributed by atoms with Crippen LogP contribution in [0.4, 0.5) is 11.6 Å². The van der Waals surface area contributed by atoms with Gasteiger partial charge in [0.1, 0.15) is 17.4 Å². The molecule has 3 heterocycles. The van der Waals surface area contributed by atoms with Crippen LogP contribution in [-0.4, -0.2) is 43.5 Å². The van der Waals surface area contributed by atoms with Crippen molar-refractivity contribution in [2.75, 3.05) is 23.9 Å². The number of methoxy groups -OCH3 is 1. The third kappa shape index (κ3) is 6.55. The molecule has 1 aromatic carbocycles. The van der Waals surface area contributed by atoms with E-state index >= 15 is 0 Å². The Kier molecular flexibility index (Phi) is 8.12. The highest BCUT2D eigenvalue weighted by molar-refractivity contribution is 7.90. The molecule has 40 heavy (non-hydrogen) atoms. The van der Waals surface area contributed by atoms with E-state index in [1.54, 1.807) is 31.4 Å². The number of hydrogen-bond acceptors (Lipinski definition) is 8. The summed E-state index contributed by atoms with van der Waals surface area (Å²) in [5.41, 5.74) is 1.54. The molecule has 0 aliphatic carbocycles. The fourth-order valence-corrected chi connectivity index (χ4v) is 5.97. The van der Waals surface area contributed by atoms with Gasteiger partial charge in [0.25, 0.3) is 15.9 Å². The Morgan fingerprint density at radius 3 is 2.40 bits per heavy atom. The van der Waals surface area contributed by atoms with E-state index in [2.05, 4.69) is 61.5 Å². The second kappa shape index (κ2) is 11.1. The molecule has 1 unspecified atom stereocenters. The van der Waals surface area contributed by atoms with Crippen LogP contribution in [0, 0.1) is 5.92 Å². The summed E-state index contributed by atoms with van der Waals surface area (Å²) in [6.45, 7) is 13.7. The molecule has 0 radical (unpaired) electrons. The number of ether oxygens (including phenoxy) is 1. The Balaban J connectivity index is 0.00000462. The van der Waals surface area contributed by atoms with Crippen LogP contribution in [0.5, 0.6) is 5.75 Å². The number of carbonyl (C=O) groups excluding carboxylic acids is 1. The number of anilines is 2. The molecule has 2 N–H and O–H groups in total. The van der Waals surface area contributed by atoms with Crippen molar-refractivity contribution >= 4 is 27.6 Å². The van der Waals surface area contributed by atoms with Crippen molar-refractivity contribution < 1.29 is 19.4 Å². The summed E-state index contributed by atoms with van der Waals surface area (Å²) in [5, 5.41) is 2.88. The molecule has 2 aromatic heterocycles. The van der Waals surface area contributed by atoms with E-state index in [4.69, 9.17) is 9.72 Å². The second-order valence-corrected chi connectivity index (χ2v) is 13.7. The second-order valence-electron chi connectivity index (χ2n) is 12.0. The van der Waals surface area contributed by atoms with Crippen molar-refractivity contribution in [3.63, 3.8) is 0 Å². The Morgan fingerprint density at radius 1 is 1.10 bits per heavy atom. The molecule has 0 saturated carbocycles. The Bertz CT molecular complexity index is 1490. The van der Waals surface area contributed by atoms with Gasteiger partial charge >= 0.3 is 0 Å². The normalized spacial score (nSPS) is 17.0. The van der Waals surface area contributed by atoms with E-state index in [0.29, 0.717) is 24.1 Å². The largest absolute Gasteiger partial charge is 0.497 e. The van der Waals surface area contributed by atoms with Crippen molar-refractivity contribution in [1.29, 1.82) is 0 Å². The average molecular weight is 568 g/mol. The number of nitrogens with one attached hydrogen (secondary N) is 2. The van der Waals surface area contributed by atoms with Crippen LogP contribution in [0.25, 0.3) is 0 Å². The third-order valence-corrected chi connectivity index (χ3v) is 8.31. The van der Waals surface area contributed by atoms with Crippen LogP contribution in [0.15, 0.2) is 59.6 Å². The van der Waals surface area contributed by atoms with Gasteiger partial charge in [-0.3, -0.25) is 4.79 Å². The first-order valence-corrected chi connectivity index (χ1v) is 14.9. The van der Waals surface area contributed by atoms with Crippen molar-refractivity contribution in [2.24, 2.45) is 5.92 Å². The minimum absolute atomic E-state index is 0. The van der Waals surface area contributed by atoms with Crippen LogP contribution in [0.1, 0.15) is 71.0 Å². The quantitative estimate of drug-likeness (QED) is 0.373. The highest BCUT2D eigenvalue weighted by Crippen LogP contribution is 2.38. The molecule has 0 spiro atoms. The van der Waals surface area contributed by atoms with Gasteiger partial charge in [-0.1, -0.05) is 45.9 Å². The highest BCUT2D eigenvalue weighted by atomic mass is 32.2. The zero-order valence-electron chi connectivity index (χ0n) is 24.3. The number of amides is 1. The van der Waals surface area contributed by atoms with Gasteiger partial charge in [-0.2, -0.15) is 8.42 Å². The molecule has 216 valence electrons. The lowest BCUT2D eigenvalue weighted by molar-refractivity contribution is 0.0981. The summed E-state index contributed by atoms with van der Waals surface area (Å²) in [6.07, 6.45) is 0.939. The number of benzene rings is 1. The van der Waals surface area contributed by atoms with Gasteiger partial charge in [-0.15, -0.1) is 0 Å². The molecule has 1 aliphatic rings. The lowest BCUT2D eigenvalue weighted by atomic mass is 9.91. The van der Waals surface area contributed by atoms with Gasteiger partial charge in [0, 0.05) is 31.2 Å². The summed E-state index contributed by atoms with van der Waals surface area (Å²) in [7, 11) is -2.65. The molecular weight excluding hydrogens is 526 g/mol. The van der Waals surface area contributed by atoms with Crippen LogP contribution >= 0.6 is 0 Å². The number of nitrogens with zero attached hydrogens (tertiary/aromatic N) is 3. The maximum absolute atomic E-state index is 13.5. The molecule has 0 bridgehead atoms. The molecule has 4 rings (SSSR count). The smallest absolute Gasteiger partial charge is 0.281 e. The molecular formula is C30H41N5O4S. The lowest BCUT2D eigenvalue weighted by Gasteiger charge is -2.34. The van der Waals surface area contributed by atoms with Gasteiger partial charge in [-0.05, 0) is 68.1 Å². The van der Waals surface area contributed by atoms with E-state index in [1.165, 1.54) is 6.07 Å². The Labute approximate surface area is 238 Å². The van der Waals surface area contributed by atoms with E-state index < -0.39 is 15.9 Å². The standard InChI is InChI=1S/C30H39N5O4S.H2/c1-20-17-30(5,6)35(19-20)27-23(15-16-24(32-27)29(2,3)4)28(36)34-40(37,38)26-10-8-9-25(33-26)31-18-21-11-13-22(39-7)14-12-21;/h8-16,20H,17-19H2,1-7H3,(H,31,33)(H,34,36);1H. The fourth-order valence-electron chi connectivity index (χ4n) is 5.04. The number of rotatable bonds is 8. The number of aromatic nitrogens is 2. The molecule has 1 saturated heterocycles. The zero-order chi connectivity index (χ0) is 29.3. The first-order valence-electron chi connectivity index (χ1n) is 13.4. The number of pyridine rings is 2. The maximum Gasteiger partial charge on any atom is 0.281 e. The van der Waals surface area contributed by atoms with Crippen LogP contribution in [-0.2, 0) is 22.0 Å². The summed E-state index contributed by atoms with van der Waals surface area (Å²) >= 11 is 0. The van der Waals surface area contributed by atoms with Gasteiger partial charge < -0.3 is 15.0 Å². The first kappa shape index (κ1) is 29.3. The number of carbonyl (C=O) groups is 1. The predicted molar refractivity (Wildman–Crippen MR) is 159 cm³/mol. The monoisotopic (exact) mass is 567 g/mol. The van der Waals surface area contributed by atoms with E-state index in [-0.39, 0.29) is 23.0 Å². The minimum atomic E-state index is -4.25. The minimum Gasteiger partial charge on any atom is -0.497 e. The summed E-state index contributed by atoms with van der Waals surface area (Å²) in [6, 6.07) is 15.6. The van der Waals surface area contributed by atoms with Crippen LogP contribution in [0.2, 0.25) is 0 Å². The van der Waals surface area contributed by atoms with E-state index in [1.807, 2.05) is 24.3 Å². The number of hydrogen-bond donors (Lipinski definition) is 2. The molecule has 9 nitrogen and oxygen atoms in total. The van der Waals surface area contributed by atoms with E-state index in [0.717, 1.165) is 30.0 Å². The Morgan fingerprint density at radius 2 is 1.80 bits per heavy atom. The van der Waals surface area contributed by atoms with Crippen molar-refractivity contribution in [2.45, 2.75) is 70.5 Å². The van der Waals surface area contributed by atoms with Crippen molar-refractivity contribution in [3.05, 3.63) is 71.4 Å². The lowest BCUT2D eigenvalue weighted by Crippen LogP contribution is -2.41. The van der Waals surface area contributed by atoms with E-state index in [9.17, 15) is 13.2 Å². The zero-order valence-corrected chi connectivity index (χ0v) is 25.1. The summed E-state index contributed by atoms with van der Waals surface area (Å²) in [4.78, 5) is 24.8. The molecule has 1 amide bonds. The highest BCUT2D eigenvalue weighted by Gasteiger charge is 2.39. The fraction of sp³-hybridized carbons (Fsp3) is 0.433.